The summed E-state index contributed by atoms with van der Waals surface area (Å²) in [6, 6.07) is 12.6. The Morgan fingerprint density at radius 2 is 1.94 bits per heavy atom. The van der Waals surface area contributed by atoms with Gasteiger partial charge in [0.05, 0.1) is 14.2 Å². The zero-order chi connectivity index (χ0) is 23.3. The fraction of sp³-hybridized carbons (Fsp3) is 0.320. The molecule has 1 aliphatic heterocycles. The largest absolute Gasteiger partial charge is 0.497 e. The molecule has 0 saturated heterocycles. The van der Waals surface area contributed by atoms with Gasteiger partial charge in [-0.1, -0.05) is 37.6 Å². The van der Waals surface area contributed by atoms with E-state index in [1.165, 1.54) is 0 Å². The Bertz CT molecular complexity index is 1290. The Morgan fingerprint density at radius 3 is 2.67 bits per heavy atom. The molecule has 2 aromatic carbocycles. The molecule has 1 aliphatic carbocycles. The van der Waals surface area contributed by atoms with Crippen molar-refractivity contribution in [2.75, 3.05) is 19.5 Å². The van der Waals surface area contributed by atoms with Crippen LogP contribution in [0.2, 0.25) is 5.02 Å². The van der Waals surface area contributed by atoms with Crippen LogP contribution in [0.4, 0.5) is 5.95 Å². The molecule has 5 rings (SSSR count). The van der Waals surface area contributed by atoms with Crippen molar-refractivity contribution in [3.63, 3.8) is 0 Å². The minimum atomic E-state index is -0.471. The van der Waals surface area contributed by atoms with Crippen LogP contribution in [0, 0.1) is 5.41 Å². The Kier molecular flexibility index (Phi) is 5.16. The van der Waals surface area contributed by atoms with Gasteiger partial charge in [0.1, 0.15) is 17.5 Å². The number of methoxy groups -OCH3 is 2. The lowest BCUT2D eigenvalue weighted by atomic mass is 9.73. The third-order valence-electron chi connectivity index (χ3n) is 6.15. The van der Waals surface area contributed by atoms with Crippen molar-refractivity contribution < 1.29 is 14.3 Å². The molecular formula is C25H25ClN4O3. The number of halogens is 1. The maximum Gasteiger partial charge on any atom is 0.226 e. The molecule has 1 atom stereocenters. The Morgan fingerprint density at radius 1 is 1.12 bits per heavy atom. The molecule has 8 heteroatoms. The number of anilines is 1. The van der Waals surface area contributed by atoms with E-state index in [0.717, 1.165) is 23.2 Å². The minimum Gasteiger partial charge on any atom is -0.497 e. The van der Waals surface area contributed by atoms with Gasteiger partial charge in [0.2, 0.25) is 5.95 Å². The first-order valence-electron chi connectivity index (χ1n) is 10.8. The summed E-state index contributed by atoms with van der Waals surface area (Å²) >= 11 is 6.20. The predicted octanol–water partition coefficient (Wildman–Crippen LogP) is 5.27. The molecule has 3 aromatic rings. The summed E-state index contributed by atoms with van der Waals surface area (Å²) in [5, 5.41) is 8.82. The molecule has 0 spiro atoms. The first-order chi connectivity index (χ1) is 15.8. The average Bonchev–Trinajstić information content (AvgIpc) is 3.20. The number of nitrogens with zero attached hydrogens (tertiary/aromatic N) is 3. The van der Waals surface area contributed by atoms with Crippen molar-refractivity contribution in [1.82, 2.24) is 14.8 Å². The maximum atomic E-state index is 13.4. The number of Topliss-reactive ketones (excluding diaryl/α,β-unsaturated/α-hetero) is 1. The number of hydrogen-bond acceptors (Lipinski definition) is 6. The van der Waals surface area contributed by atoms with E-state index < -0.39 is 6.04 Å². The lowest BCUT2D eigenvalue weighted by molar-refractivity contribution is -0.118. The molecule has 0 radical (unpaired) electrons. The zero-order valence-corrected chi connectivity index (χ0v) is 19.7. The topological polar surface area (TPSA) is 78.3 Å². The highest BCUT2D eigenvalue weighted by molar-refractivity contribution is 6.30. The Balaban J connectivity index is 1.71. The van der Waals surface area contributed by atoms with E-state index in [-0.39, 0.29) is 11.2 Å². The fourth-order valence-corrected chi connectivity index (χ4v) is 4.88. The van der Waals surface area contributed by atoms with Gasteiger partial charge >= 0.3 is 0 Å². The number of carbonyl (C=O) groups excluding carboxylic acids is 1. The number of allylic oxidation sites excluding steroid dienone is 2. The van der Waals surface area contributed by atoms with E-state index in [2.05, 4.69) is 19.2 Å². The van der Waals surface area contributed by atoms with Crippen LogP contribution < -0.4 is 14.8 Å². The number of benzene rings is 2. The van der Waals surface area contributed by atoms with E-state index in [1.807, 2.05) is 42.5 Å². The summed E-state index contributed by atoms with van der Waals surface area (Å²) in [6.45, 7) is 4.21. The van der Waals surface area contributed by atoms with Gasteiger partial charge in [-0.05, 0) is 36.1 Å². The quantitative estimate of drug-likeness (QED) is 0.566. The third kappa shape index (κ3) is 3.76. The van der Waals surface area contributed by atoms with Crippen molar-refractivity contribution in [3.05, 3.63) is 64.3 Å². The molecule has 0 bridgehead atoms. The lowest BCUT2D eigenvalue weighted by Gasteiger charge is -2.38. The normalized spacial score (nSPS) is 18.9. The number of fused-ring (bicyclic) bond motifs is 1. The number of ketones is 1. The van der Waals surface area contributed by atoms with Crippen LogP contribution in [-0.2, 0) is 4.79 Å². The van der Waals surface area contributed by atoms with Gasteiger partial charge in [-0.15, -0.1) is 5.10 Å². The lowest BCUT2D eigenvalue weighted by Crippen LogP contribution is -2.36. The fourth-order valence-electron chi connectivity index (χ4n) is 4.69. The molecule has 0 fully saturated rings. The first kappa shape index (κ1) is 21.5. The highest BCUT2D eigenvalue weighted by atomic mass is 35.5. The number of ether oxygens (including phenoxy) is 2. The molecule has 1 N–H and O–H groups in total. The molecule has 0 saturated carbocycles. The second kappa shape index (κ2) is 7.92. The average molecular weight is 465 g/mol. The molecule has 1 unspecified atom stereocenters. The van der Waals surface area contributed by atoms with Gasteiger partial charge in [0, 0.05) is 39.9 Å². The highest BCUT2D eigenvalue weighted by Gasteiger charge is 2.42. The minimum absolute atomic E-state index is 0.0991. The number of hydrogen-bond donors (Lipinski definition) is 1. The van der Waals surface area contributed by atoms with Crippen molar-refractivity contribution in [2.24, 2.45) is 5.41 Å². The highest BCUT2D eigenvalue weighted by Crippen LogP contribution is 2.47. The molecule has 1 aromatic heterocycles. The summed E-state index contributed by atoms with van der Waals surface area (Å²) in [7, 11) is 3.22. The number of aromatic nitrogens is 3. The van der Waals surface area contributed by atoms with Crippen LogP contribution >= 0.6 is 11.6 Å². The summed E-state index contributed by atoms with van der Waals surface area (Å²) < 4.78 is 12.9. The predicted molar refractivity (Wildman–Crippen MR) is 127 cm³/mol. The van der Waals surface area contributed by atoms with Gasteiger partial charge in [0.15, 0.2) is 11.6 Å². The number of nitrogens with one attached hydrogen (secondary N) is 1. The van der Waals surface area contributed by atoms with Crippen LogP contribution in [-0.4, -0.2) is 34.8 Å². The SMILES string of the molecule is COc1ccc(C2C3=C(CC(C)(C)CC3=O)Nc3nc(-c4cccc(Cl)c4)nn32)c(OC)c1. The molecule has 170 valence electrons. The van der Waals surface area contributed by atoms with Crippen LogP contribution in [0.3, 0.4) is 0 Å². The molecule has 33 heavy (non-hydrogen) atoms. The second-order valence-corrected chi connectivity index (χ2v) is 9.62. The van der Waals surface area contributed by atoms with Gasteiger partial charge < -0.3 is 14.8 Å². The second-order valence-electron chi connectivity index (χ2n) is 9.18. The molecule has 0 amide bonds. The molecule has 7 nitrogen and oxygen atoms in total. The summed E-state index contributed by atoms with van der Waals surface area (Å²) in [5.74, 6) is 2.51. The van der Waals surface area contributed by atoms with E-state index in [9.17, 15) is 4.79 Å². The Hall–Kier alpha value is -3.32. The van der Waals surface area contributed by atoms with Crippen LogP contribution in [0.5, 0.6) is 11.5 Å². The van der Waals surface area contributed by atoms with Crippen molar-refractivity contribution >= 4 is 23.3 Å². The van der Waals surface area contributed by atoms with E-state index >= 15 is 0 Å². The smallest absolute Gasteiger partial charge is 0.226 e. The van der Waals surface area contributed by atoms with E-state index in [1.54, 1.807) is 18.9 Å². The summed E-state index contributed by atoms with van der Waals surface area (Å²) in [6.07, 6.45) is 1.20. The molecule has 2 aliphatic rings. The number of rotatable bonds is 4. The number of carbonyl (C=O) groups is 1. The summed E-state index contributed by atoms with van der Waals surface area (Å²) in [4.78, 5) is 18.2. The van der Waals surface area contributed by atoms with Gasteiger partial charge in [-0.25, -0.2) is 4.68 Å². The summed E-state index contributed by atoms with van der Waals surface area (Å²) in [5.41, 5.74) is 3.07. The monoisotopic (exact) mass is 464 g/mol. The van der Waals surface area contributed by atoms with Crippen molar-refractivity contribution in [3.8, 4) is 22.9 Å². The Labute approximate surface area is 197 Å². The van der Waals surface area contributed by atoms with Crippen molar-refractivity contribution in [1.29, 1.82) is 0 Å². The first-order valence-corrected chi connectivity index (χ1v) is 11.1. The zero-order valence-electron chi connectivity index (χ0n) is 19.0. The van der Waals surface area contributed by atoms with Crippen LogP contribution in [0.25, 0.3) is 11.4 Å². The maximum absolute atomic E-state index is 13.4. The van der Waals surface area contributed by atoms with Gasteiger partial charge in [-0.3, -0.25) is 4.79 Å². The molecular weight excluding hydrogens is 440 g/mol. The van der Waals surface area contributed by atoms with E-state index in [0.29, 0.717) is 40.3 Å². The molecule has 2 heterocycles. The van der Waals surface area contributed by atoms with Gasteiger partial charge in [-0.2, -0.15) is 4.98 Å². The van der Waals surface area contributed by atoms with Crippen LogP contribution in [0.1, 0.15) is 38.3 Å². The van der Waals surface area contributed by atoms with E-state index in [4.69, 9.17) is 31.2 Å². The van der Waals surface area contributed by atoms with Crippen LogP contribution in [0.15, 0.2) is 53.7 Å². The van der Waals surface area contributed by atoms with Crippen molar-refractivity contribution in [2.45, 2.75) is 32.7 Å². The van der Waals surface area contributed by atoms with Gasteiger partial charge in [0.25, 0.3) is 0 Å². The third-order valence-corrected chi connectivity index (χ3v) is 6.39. The standard InChI is InChI=1S/C25H25ClN4O3/c1-25(2)12-18-21(19(31)13-25)22(17-9-8-16(32-3)11-20(17)33-4)30-24(27-18)28-23(29-30)14-6-5-7-15(26)10-14/h5-11,22H,12-13H2,1-4H3,(H,27,28,29).